The third kappa shape index (κ3) is 15.6. The fourth-order valence-corrected chi connectivity index (χ4v) is 3.58. The van der Waals surface area contributed by atoms with Gasteiger partial charge in [-0.05, 0) is 60.4 Å². The van der Waals surface area contributed by atoms with Crippen LogP contribution in [0.3, 0.4) is 0 Å². The quantitative estimate of drug-likeness (QED) is 0.101. The number of pyridine rings is 2. The summed E-state index contributed by atoms with van der Waals surface area (Å²) in [5.41, 5.74) is 1.18. The summed E-state index contributed by atoms with van der Waals surface area (Å²) in [6, 6.07) is 19.8. The molecule has 4 aromatic rings. The molecule has 43 heavy (non-hydrogen) atoms. The van der Waals surface area contributed by atoms with E-state index in [1.54, 1.807) is 43.5 Å². The van der Waals surface area contributed by atoms with Crippen LogP contribution >= 0.6 is 29.6 Å². The van der Waals surface area contributed by atoms with Crippen LogP contribution in [0.1, 0.15) is 33.3 Å². The summed E-state index contributed by atoms with van der Waals surface area (Å²) in [4.78, 5) is 7.28. The van der Waals surface area contributed by atoms with E-state index in [4.69, 9.17) is 18.9 Å². The van der Waals surface area contributed by atoms with Gasteiger partial charge in [0.15, 0.2) is 23.0 Å². The van der Waals surface area contributed by atoms with Gasteiger partial charge in [-0.3, -0.25) is 0 Å². The second-order valence-electron chi connectivity index (χ2n) is 9.57. The van der Waals surface area contributed by atoms with E-state index in [0.29, 0.717) is 34.8 Å². The first-order valence-corrected chi connectivity index (χ1v) is 21.0. The summed E-state index contributed by atoms with van der Waals surface area (Å²) in [6.07, 6.45) is 0.967. The van der Waals surface area contributed by atoms with Crippen LogP contribution in [0.15, 0.2) is 77.3 Å². The molecule has 0 saturated carbocycles. The number of hydrogen-bond acceptors (Lipinski definition) is 6. The number of rotatable bonds is 8. The molecule has 0 atom stereocenters. The molecular weight excluding hydrogens is 740 g/mol. The van der Waals surface area contributed by atoms with E-state index >= 15 is 0 Å². The van der Waals surface area contributed by atoms with E-state index in [1.807, 2.05) is 18.2 Å². The van der Waals surface area contributed by atoms with Crippen molar-refractivity contribution >= 4 is 29.6 Å². The Morgan fingerprint density at radius 3 is 1.58 bits per heavy atom. The molecule has 11 heteroatoms. The van der Waals surface area contributed by atoms with E-state index in [1.165, 1.54) is 47.2 Å². The maximum atomic E-state index is 13.0. The molecule has 4 rings (SSSR count). The molecule has 0 fully saturated rings. The van der Waals surface area contributed by atoms with Crippen molar-refractivity contribution in [2.45, 2.75) is 34.1 Å². The summed E-state index contributed by atoms with van der Waals surface area (Å²) in [5.74, 6) is 2.56. The monoisotopic (exact) mass is 772 g/mol. The zero-order chi connectivity index (χ0) is 32.4. The van der Waals surface area contributed by atoms with Crippen molar-refractivity contribution in [2.75, 3.05) is 14.2 Å². The minimum atomic E-state index is -0.585. The van der Waals surface area contributed by atoms with E-state index in [9.17, 15) is 8.78 Å². The number of methoxy groups -OCH3 is 2. The molecule has 228 valence electrons. The van der Waals surface area contributed by atoms with Crippen LogP contribution in [0.25, 0.3) is 0 Å². The van der Waals surface area contributed by atoms with E-state index < -0.39 is 11.9 Å². The van der Waals surface area contributed by atoms with Gasteiger partial charge in [0.2, 0.25) is 23.7 Å². The third-order valence-electron chi connectivity index (χ3n) is 4.81. The average Bonchev–Trinajstić information content (AvgIpc) is 2.96. The van der Waals surface area contributed by atoms with Crippen LogP contribution in [0, 0.1) is 30.7 Å². The molecule has 6 nitrogen and oxygen atoms in total. The molecule has 0 radical (unpaired) electrons. The summed E-state index contributed by atoms with van der Waals surface area (Å²) in [5, 5.41) is 0. The molecular formula is C32H36Br2F2N2O4Zn. The average molecular weight is 776 g/mol. The van der Waals surface area contributed by atoms with Gasteiger partial charge in [0.05, 0.1) is 14.2 Å². The Bertz CT molecular complexity index is 1380. The number of benzene rings is 2. The second-order valence-corrected chi connectivity index (χ2v) is 10.5. The normalized spacial score (nSPS) is 9.93. The number of hydrogen-bond donors (Lipinski definition) is 0. The van der Waals surface area contributed by atoms with Crippen LogP contribution in [0.5, 0.6) is 34.8 Å². The summed E-state index contributed by atoms with van der Waals surface area (Å²) < 4.78 is 48.3. The Labute approximate surface area is 278 Å². The van der Waals surface area contributed by atoms with Crippen molar-refractivity contribution in [1.82, 2.24) is 9.97 Å². The molecule has 0 unspecified atom stereocenters. The number of aromatic nitrogens is 2. The summed E-state index contributed by atoms with van der Waals surface area (Å²) in [6.45, 7) is 12.1. The van der Waals surface area contributed by atoms with E-state index in [2.05, 4.69) is 74.1 Å². The van der Waals surface area contributed by atoms with Crippen LogP contribution in [-0.4, -0.2) is 24.2 Å². The molecule has 0 saturated heterocycles. The van der Waals surface area contributed by atoms with Crippen molar-refractivity contribution < 1.29 is 44.1 Å². The fraction of sp³-hybridized carbons (Fsp3) is 0.281. The molecule has 0 aliphatic carbocycles. The molecule has 0 aliphatic rings. The first-order valence-electron chi connectivity index (χ1n) is 13.2. The standard InChI is InChI=1S/C16H18FNO2.C12H9BrFNO2.C4H9.BrH.Zn/c1-11(2)9-12-7-8-13(14(10-12)19-3)20-16-6-4-5-15(17)18-16;1-16-10-7-8(13)5-6-9(10)17-12-4-2-3-11(14)15-12;1-4(2)3;;/h4-8,10-11H,9H2,1-3H3;2-7H,1H3;4H,1H2,2-3H3;1H;/q;;-1;;+2/p-1. The van der Waals surface area contributed by atoms with Crippen LogP contribution < -0.4 is 18.9 Å². The second kappa shape index (κ2) is 21.1. The molecule has 0 spiro atoms. The van der Waals surface area contributed by atoms with Crippen molar-refractivity contribution in [3.63, 3.8) is 0 Å². The minimum absolute atomic E-state index is 0.186. The number of halogens is 4. The van der Waals surface area contributed by atoms with Crippen molar-refractivity contribution in [3.8, 4) is 34.8 Å². The predicted octanol–water partition coefficient (Wildman–Crippen LogP) is 10.3. The van der Waals surface area contributed by atoms with Crippen molar-refractivity contribution in [2.24, 2.45) is 11.8 Å². The first-order chi connectivity index (χ1) is 20.5. The predicted molar refractivity (Wildman–Crippen MR) is 170 cm³/mol. The Balaban J connectivity index is 0.000000367. The zero-order valence-electron chi connectivity index (χ0n) is 25.2. The van der Waals surface area contributed by atoms with Gasteiger partial charge in [0.25, 0.3) is 0 Å². The fourth-order valence-electron chi connectivity index (χ4n) is 3.24. The number of ether oxygens (including phenoxy) is 4. The molecule has 2 heterocycles. The van der Waals surface area contributed by atoms with Crippen LogP contribution in [0.2, 0.25) is 0 Å². The maximum absolute atomic E-state index is 13.0. The Kier molecular flexibility index (Phi) is 18.9. The van der Waals surface area contributed by atoms with Gasteiger partial charge < -0.3 is 25.9 Å². The molecule has 2 aromatic heterocycles. The van der Waals surface area contributed by atoms with Gasteiger partial charge in [-0.2, -0.15) is 24.7 Å². The Morgan fingerprint density at radius 1 is 0.721 bits per heavy atom. The molecule has 0 N–H and O–H groups in total. The van der Waals surface area contributed by atoms with Gasteiger partial charge in [-0.15, -0.1) is 0 Å². The summed E-state index contributed by atoms with van der Waals surface area (Å²) >= 11 is 7.57. The topological polar surface area (TPSA) is 62.7 Å². The van der Waals surface area contributed by atoms with Gasteiger partial charge in [-0.1, -0.05) is 61.8 Å². The zero-order valence-corrected chi connectivity index (χ0v) is 31.4. The van der Waals surface area contributed by atoms with Gasteiger partial charge in [0, 0.05) is 16.6 Å². The SMILES string of the molecule is COc1cc(Br)ccc1Oc1cccc(F)n1.COc1cc(CC(C)C)ccc1Oc1cccc(F)n1.[CH2-]C(C)C.[Zn+][Br]. The third-order valence-corrected chi connectivity index (χ3v) is 5.30. The van der Waals surface area contributed by atoms with Crippen molar-refractivity contribution in [3.05, 3.63) is 102 Å². The van der Waals surface area contributed by atoms with Gasteiger partial charge in [-0.25, -0.2) is 0 Å². The summed E-state index contributed by atoms with van der Waals surface area (Å²) in [7, 11) is 3.12. The van der Waals surface area contributed by atoms with E-state index in [0.717, 1.165) is 10.9 Å². The molecule has 0 bridgehead atoms. The van der Waals surface area contributed by atoms with Crippen LogP contribution in [-0.2, 0) is 22.8 Å². The Hall–Kier alpha value is -2.62. The van der Waals surface area contributed by atoms with Crippen LogP contribution in [0.4, 0.5) is 8.78 Å². The van der Waals surface area contributed by atoms with Crippen molar-refractivity contribution in [1.29, 1.82) is 0 Å². The van der Waals surface area contributed by atoms with Gasteiger partial charge >= 0.3 is 30.0 Å². The molecule has 0 amide bonds. The number of nitrogens with zero attached hydrogens (tertiary/aromatic N) is 2. The molecule has 0 aliphatic heterocycles. The molecule has 2 aromatic carbocycles. The van der Waals surface area contributed by atoms with E-state index in [-0.39, 0.29) is 11.8 Å². The Morgan fingerprint density at radius 2 is 1.16 bits per heavy atom. The first kappa shape index (κ1) is 38.4. The van der Waals surface area contributed by atoms with Gasteiger partial charge in [0.1, 0.15) is 0 Å².